The fourth-order valence-corrected chi connectivity index (χ4v) is 2.74. The highest BCUT2D eigenvalue weighted by Crippen LogP contribution is 2.19. The van der Waals surface area contributed by atoms with Gasteiger partial charge in [0.1, 0.15) is 4.60 Å². The van der Waals surface area contributed by atoms with Crippen LogP contribution < -0.4 is 5.32 Å². The van der Waals surface area contributed by atoms with E-state index in [4.69, 9.17) is 0 Å². The highest BCUT2D eigenvalue weighted by Gasteiger charge is 2.04. The van der Waals surface area contributed by atoms with Gasteiger partial charge in [0.15, 0.2) is 5.65 Å². The Morgan fingerprint density at radius 2 is 2.20 bits per heavy atom. The summed E-state index contributed by atoms with van der Waals surface area (Å²) in [5.41, 5.74) is 3.06. The van der Waals surface area contributed by atoms with Gasteiger partial charge in [0.25, 0.3) is 0 Å². The molecule has 0 bridgehead atoms. The number of imidazole rings is 1. The van der Waals surface area contributed by atoms with Crippen LogP contribution in [0.4, 0.5) is 5.69 Å². The molecule has 0 spiro atoms. The molecule has 0 aliphatic carbocycles. The van der Waals surface area contributed by atoms with Crippen molar-refractivity contribution in [3.63, 3.8) is 0 Å². The van der Waals surface area contributed by atoms with Crippen molar-refractivity contribution in [2.24, 2.45) is 0 Å². The van der Waals surface area contributed by atoms with Crippen molar-refractivity contribution in [2.45, 2.75) is 11.4 Å². The van der Waals surface area contributed by atoms with E-state index in [1.54, 1.807) is 18.0 Å². The van der Waals surface area contributed by atoms with Crippen molar-refractivity contribution >= 4 is 39.0 Å². The van der Waals surface area contributed by atoms with Gasteiger partial charge in [0, 0.05) is 16.8 Å². The van der Waals surface area contributed by atoms with Gasteiger partial charge in [0.2, 0.25) is 0 Å². The number of aromatic nitrogens is 3. The first kappa shape index (κ1) is 13.5. The Kier molecular flexibility index (Phi) is 3.93. The van der Waals surface area contributed by atoms with Crippen LogP contribution in [0.15, 0.2) is 52.4 Å². The average Bonchev–Trinajstić information content (AvgIpc) is 2.87. The third kappa shape index (κ3) is 2.81. The average molecular weight is 349 g/mol. The summed E-state index contributed by atoms with van der Waals surface area (Å²) in [5.74, 6) is 0. The molecule has 0 aliphatic heterocycles. The molecule has 2 aromatic heterocycles. The van der Waals surface area contributed by atoms with E-state index in [0.29, 0.717) is 0 Å². The smallest absolute Gasteiger partial charge is 0.155 e. The number of halogens is 1. The molecule has 1 N–H and O–H groups in total. The summed E-state index contributed by atoms with van der Waals surface area (Å²) in [6.45, 7) is 0.718. The first-order valence-electron chi connectivity index (χ1n) is 6.11. The minimum absolute atomic E-state index is 0.718. The van der Waals surface area contributed by atoms with Gasteiger partial charge in [-0.15, -0.1) is 11.8 Å². The Morgan fingerprint density at radius 1 is 1.30 bits per heavy atom. The van der Waals surface area contributed by atoms with E-state index in [9.17, 15) is 0 Å². The molecule has 3 rings (SSSR count). The number of rotatable bonds is 4. The van der Waals surface area contributed by atoms with Gasteiger partial charge >= 0.3 is 0 Å². The van der Waals surface area contributed by atoms with Gasteiger partial charge in [-0.1, -0.05) is 6.07 Å². The fourth-order valence-electron chi connectivity index (χ4n) is 1.97. The van der Waals surface area contributed by atoms with Gasteiger partial charge in [-0.05, 0) is 40.4 Å². The van der Waals surface area contributed by atoms with Crippen LogP contribution in [0.25, 0.3) is 5.65 Å². The number of fused-ring (bicyclic) bond motifs is 1. The number of anilines is 1. The third-order valence-corrected chi connectivity index (χ3v) is 4.12. The van der Waals surface area contributed by atoms with Crippen molar-refractivity contribution in [3.05, 3.63) is 53.2 Å². The van der Waals surface area contributed by atoms with Crippen LogP contribution in [0.2, 0.25) is 0 Å². The van der Waals surface area contributed by atoms with Crippen LogP contribution in [0.3, 0.4) is 0 Å². The molecule has 2 heterocycles. The molecule has 0 amide bonds. The summed E-state index contributed by atoms with van der Waals surface area (Å²) in [7, 11) is 0. The number of hydrogen-bond acceptors (Lipinski definition) is 4. The van der Waals surface area contributed by atoms with E-state index in [1.807, 2.05) is 16.8 Å². The number of hydrogen-bond donors (Lipinski definition) is 1. The van der Waals surface area contributed by atoms with Crippen LogP contribution in [0.1, 0.15) is 5.69 Å². The molecule has 102 valence electrons. The van der Waals surface area contributed by atoms with Crippen molar-refractivity contribution in [3.8, 4) is 0 Å². The second-order valence-corrected chi connectivity index (χ2v) is 5.97. The van der Waals surface area contributed by atoms with Crippen molar-refractivity contribution in [1.29, 1.82) is 0 Å². The molecular weight excluding hydrogens is 336 g/mol. The zero-order valence-corrected chi connectivity index (χ0v) is 13.3. The Bertz CT molecular complexity index is 741. The topological polar surface area (TPSA) is 42.2 Å². The van der Waals surface area contributed by atoms with Crippen LogP contribution in [0.5, 0.6) is 0 Å². The van der Waals surface area contributed by atoms with Gasteiger partial charge < -0.3 is 5.32 Å². The highest BCUT2D eigenvalue weighted by atomic mass is 79.9. The fraction of sp³-hybridized carbons (Fsp3) is 0.143. The van der Waals surface area contributed by atoms with Crippen LogP contribution in [-0.2, 0) is 6.54 Å². The maximum absolute atomic E-state index is 4.34. The van der Waals surface area contributed by atoms with Crippen LogP contribution >= 0.6 is 27.7 Å². The lowest BCUT2D eigenvalue weighted by molar-refractivity contribution is 0.982. The summed E-state index contributed by atoms with van der Waals surface area (Å²) in [5, 5.41) is 3.42. The van der Waals surface area contributed by atoms with Gasteiger partial charge in [-0.3, -0.25) is 4.40 Å². The molecule has 0 fully saturated rings. The molecule has 0 atom stereocenters. The predicted molar refractivity (Wildman–Crippen MR) is 86.2 cm³/mol. The molecule has 0 aliphatic rings. The summed E-state index contributed by atoms with van der Waals surface area (Å²) in [6.07, 6.45) is 7.63. The Hall–Kier alpha value is -1.53. The molecule has 0 unspecified atom stereocenters. The Balaban J connectivity index is 1.81. The SMILES string of the molecule is CSc1cccc(NCc2cnc3cnc(Br)cn23)c1. The van der Waals surface area contributed by atoms with Crippen molar-refractivity contribution in [1.82, 2.24) is 14.4 Å². The molecule has 4 nitrogen and oxygen atoms in total. The minimum Gasteiger partial charge on any atom is -0.379 e. The van der Waals surface area contributed by atoms with E-state index in [1.165, 1.54) is 4.90 Å². The maximum atomic E-state index is 4.34. The largest absolute Gasteiger partial charge is 0.379 e. The molecule has 20 heavy (non-hydrogen) atoms. The monoisotopic (exact) mass is 348 g/mol. The van der Waals surface area contributed by atoms with E-state index >= 15 is 0 Å². The van der Waals surface area contributed by atoms with Gasteiger partial charge in [-0.2, -0.15) is 0 Å². The lowest BCUT2D eigenvalue weighted by Crippen LogP contribution is -2.02. The lowest BCUT2D eigenvalue weighted by Gasteiger charge is -2.07. The van der Waals surface area contributed by atoms with E-state index < -0.39 is 0 Å². The predicted octanol–water partition coefficient (Wildman–Crippen LogP) is 3.83. The second kappa shape index (κ2) is 5.85. The van der Waals surface area contributed by atoms with Gasteiger partial charge in [0.05, 0.1) is 24.6 Å². The third-order valence-electron chi connectivity index (χ3n) is 2.98. The van der Waals surface area contributed by atoms with E-state index in [-0.39, 0.29) is 0 Å². The number of nitrogens with zero attached hydrogens (tertiary/aromatic N) is 3. The summed E-state index contributed by atoms with van der Waals surface area (Å²) >= 11 is 5.12. The zero-order chi connectivity index (χ0) is 13.9. The normalized spacial score (nSPS) is 10.9. The first-order chi connectivity index (χ1) is 9.76. The minimum atomic E-state index is 0.718. The molecule has 0 saturated carbocycles. The quantitative estimate of drug-likeness (QED) is 0.727. The van der Waals surface area contributed by atoms with Gasteiger partial charge in [-0.25, -0.2) is 9.97 Å². The molecule has 1 aromatic carbocycles. The Morgan fingerprint density at radius 3 is 3.05 bits per heavy atom. The number of nitrogens with one attached hydrogen (secondary N) is 1. The maximum Gasteiger partial charge on any atom is 0.155 e. The molecule has 3 aromatic rings. The van der Waals surface area contributed by atoms with E-state index in [2.05, 4.69) is 61.7 Å². The molecule has 0 saturated heterocycles. The standard InChI is InChI=1S/C14H13BrN4S/c1-20-12-4-2-3-10(5-12)16-6-11-7-18-14-8-17-13(15)9-19(11)14/h2-5,7-9,16H,6H2,1H3. The first-order valence-corrected chi connectivity index (χ1v) is 8.13. The van der Waals surface area contributed by atoms with Crippen LogP contribution in [0, 0.1) is 0 Å². The Labute approximate surface area is 129 Å². The zero-order valence-electron chi connectivity index (χ0n) is 10.9. The molecule has 0 radical (unpaired) electrons. The summed E-state index contributed by atoms with van der Waals surface area (Å²) in [4.78, 5) is 9.76. The summed E-state index contributed by atoms with van der Waals surface area (Å²) in [6, 6.07) is 8.38. The van der Waals surface area contributed by atoms with Crippen molar-refractivity contribution in [2.75, 3.05) is 11.6 Å². The second-order valence-electron chi connectivity index (χ2n) is 4.27. The number of thioether (sulfide) groups is 1. The molecule has 6 heteroatoms. The number of benzene rings is 1. The van der Waals surface area contributed by atoms with Crippen LogP contribution in [-0.4, -0.2) is 20.6 Å². The van der Waals surface area contributed by atoms with Crippen molar-refractivity contribution < 1.29 is 0 Å². The lowest BCUT2D eigenvalue weighted by atomic mass is 10.3. The summed E-state index contributed by atoms with van der Waals surface area (Å²) < 4.78 is 2.83. The highest BCUT2D eigenvalue weighted by molar-refractivity contribution is 9.10. The molecular formula is C14H13BrN4S. The van der Waals surface area contributed by atoms with E-state index in [0.717, 1.165) is 28.2 Å².